The SMILES string of the molecule is C=C(C)C(=O)N(CC)CCSCCN(CC)C(=O)C(=C)C. The third kappa shape index (κ3) is 7.37. The molecule has 0 bridgehead atoms. The maximum Gasteiger partial charge on any atom is 0.248 e. The summed E-state index contributed by atoms with van der Waals surface area (Å²) >= 11 is 1.75. The predicted molar refractivity (Wildman–Crippen MR) is 91.5 cm³/mol. The molecule has 0 aliphatic heterocycles. The molecule has 2 amide bonds. The molecule has 0 atom stereocenters. The minimum Gasteiger partial charge on any atom is -0.338 e. The largest absolute Gasteiger partial charge is 0.338 e. The van der Waals surface area contributed by atoms with Crippen LogP contribution in [-0.4, -0.2) is 59.3 Å². The van der Waals surface area contributed by atoms with Crippen molar-refractivity contribution >= 4 is 23.6 Å². The van der Waals surface area contributed by atoms with Gasteiger partial charge in [-0.1, -0.05) is 13.2 Å². The van der Waals surface area contributed by atoms with Gasteiger partial charge in [0.2, 0.25) is 11.8 Å². The molecule has 0 aromatic rings. The Morgan fingerprint density at radius 2 is 1.19 bits per heavy atom. The van der Waals surface area contributed by atoms with Gasteiger partial charge in [-0.3, -0.25) is 9.59 Å². The van der Waals surface area contributed by atoms with Gasteiger partial charge in [-0.25, -0.2) is 0 Å². The molecule has 0 rings (SSSR count). The molecule has 0 aliphatic carbocycles. The van der Waals surface area contributed by atoms with Crippen LogP contribution in [0.2, 0.25) is 0 Å². The summed E-state index contributed by atoms with van der Waals surface area (Å²) < 4.78 is 0. The second-order valence-electron chi connectivity index (χ2n) is 4.94. The number of hydrogen-bond donors (Lipinski definition) is 0. The molecular weight excluding hydrogens is 284 g/mol. The van der Waals surface area contributed by atoms with Crippen molar-refractivity contribution in [2.24, 2.45) is 0 Å². The molecule has 0 aromatic carbocycles. The van der Waals surface area contributed by atoms with Gasteiger partial charge in [0.05, 0.1) is 0 Å². The highest BCUT2D eigenvalue weighted by molar-refractivity contribution is 7.99. The lowest BCUT2D eigenvalue weighted by Gasteiger charge is -2.22. The van der Waals surface area contributed by atoms with Gasteiger partial charge in [0.25, 0.3) is 0 Å². The molecule has 120 valence electrons. The van der Waals surface area contributed by atoms with Crippen LogP contribution in [0.3, 0.4) is 0 Å². The van der Waals surface area contributed by atoms with Crippen LogP contribution < -0.4 is 0 Å². The number of rotatable bonds is 10. The predicted octanol–water partition coefficient (Wildman–Crippen LogP) is 2.57. The Kier molecular flexibility index (Phi) is 9.88. The maximum absolute atomic E-state index is 11.8. The first-order valence-corrected chi connectivity index (χ1v) is 8.47. The lowest BCUT2D eigenvalue weighted by Crippen LogP contribution is -2.34. The van der Waals surface area contributed by atoms with Gasteiger partial charge in [-0.15, -0.1) is 0 Å². The second-order valence-corrected chi connectivity index (χ2v) is 6.17. The Morgan fingerprint density at radius 3 is 1.43 bits per heavy atom. The second kappa shape index (κ2) is 10.5. The van der Waals surface area contributed by atoms with Crippen molar-refractivity contribution in [2.75, 3.05) is 37.7 Å². The molecule has 0 aromatic heterocycles. The monoisotopic (exact) mass is 312 g/mol. The Bertz CT molecular complexity index is 358. The summed E-state index contributed by atoms with van der Waals surface area (Å²) in [5, 5.41) is 0. The van der Waals surface area contributed by atoms with Crippen molar-refractivity contribution in [1.82, 2.24) is 9.80 Å². The van der Waals surface area contributed by atoms with E-state index in [0.717, 1.165) is 11.5 Å². The third-order valence-electron chi connectivity index (χ3n) is 3.08. The van der Waals surface area contributed by atoms with Crippen LogP contribution in [0.1, 0.15) is 27.7 Å². The van der Waals surface area contributed by atoms with Crippen LogP contribution in [0.15, 0.2) is 24.3 Å². The first kappa shape index (κ1) is 19.8. The molecule has 0 heterocycles. The Labute approximate surface area is 133 Å². The van der Waals surface area contributed by atoms with Crippen LogP contribution in [0.4, 0.5) is 0 Å². The molecule has 0 saturated heterocycles. The molecule has 0 spiro atoms. The van der Waals surface area contributed by atoms with Gasteiger partial charge in [0.1, 0.15) is 0 Å². The fraction of sp³-hybridized carbons (Fsp3) is 0.625. The van der Waals surface area contributed by atoms with Crippen molar-refractivity contribution in [3.8, 4) is 0 Å². The van der Waals surface area contributed by atoms with Crippen molar-refractivity contribution in [3.05, 3.63) is 24.3 Å². The first-order chi connectivity index (χ1) is 9.84. The van der Waals surface area contributed by atoms with Gasteiger partial charge >= 0.3 is 0 Å². The van der Waals surface area contributed by atoms with Crippen molar-refractivity contribution in [3.63, 3.8) is 0 Å². The van der Waals surface area contributed by atoms with E-state index in [1.807, 2.05) is 13.8 Å². The summed E-state index contributed by atoms with van der Waals surface area (Å²) in [5.41, 5.74) is 1.15. The minimum absolute atomic E-state index is 0.0192. The Hall–Kier alpha value is -1.23. The quantitative estimate of drug-likeness (QED) is 0.460. The molecule has 0 aliphatic rings. The van der Waals surface area contributed by atoms with Crippen molar-refractivity contribution in [2.45, 2.75) is 27.7 Å². The first-order valence-electron chi connectivity index (χ1n) is 7.32. The normalized spacial score (nSPS) is 10.1. The summed E-state index contributed by atoms with van der Waals surface area (Å²) in [6.45, 7) is 17.6. The Balaban J connectivity index is 4.04. The number of carbonyl (C=O) groups is 2. The lowest BCUT2D eigenvalue weighted by atomic mass is 10.3. The highest BCUT2D eigenvalue weighted by Gasteiger charge is 2.13. The van der Waals surface area contributed by atoms with E-state index in [1.54, 1.807) is 35.4 Å². The summed E-state index contributed by atoms with van der Waals surface area (Å²) in [6.07, 6.45) is 0. The molecule has 0 saturated carbocycles. The van der Waals surface area contributed by atoms with Crippen LogP contribution in [0.5, 0.6) is 0 Å². The molecular formula is C16H28N2O2S. The van der Waals surface area contributed by atoms with Crippen molar-refractivity contribution < 1.29 is 9.59 Å². The van der Waals surface area contributed by atoms with Gasteiger partial charge in [0.15, 0.2) is 0 Å². The van der Waals surface area contributed by atoms with Gasteiger partial charge in [0, 0.05) is 48.8 Å². The highest BCUT2D eigenvalue weighted by Crippen LogP contribution is 2.06. The maximum atomic E-state index is 11.8. The van der Waals surface area contributed by atoms with Crippen molar-refractivity contribution in [1.29, 1.82) is 0 Å². The van der Waals surface area contributed by atoms with E-state index in [1.165, 1.54) is 0 Å². The van der Waals surface area contributed by atoms with Crippen LogP contribution in [0, 0.1) is 0 Å². The number of thioether (sulfide) groups is 1. The van der Waals surface area contributed by atoms with E-state index in [-0.39, 0.29) is 11.8 Å². The smallest absolute Gasteiger partial charge is 0.248 e. The topological polar surface area (TPSA) is 40.6 Å². The number of amides is 2. The van der Waals surface area contributed by atoms with E-state index >= 15 is 0 Å². The molecule has 0 radical (unpaired) electrons. The van der Waals surface area contributed by atoms with Gasteiger partial charge in [-0.05, 0) is 27.7 Å². The average Bonchev–Trinajstić information content (AvgIpc) is 2.45. The van der Waals surface area contributed by atoms with Gasteiger partial charge < -0.3 is 9.80 Å². The highest BCUT2D eigenvalue weighted by atomic mass is 32.2. The van der Waals surface area contributed by atoms with Crippen LogP contribution in [0.25, 0.3) is 0 Å². The van der Waals surface area contributed by atoms with E-state index < -0.39 is 0 Å². The number of carbonyl (C=O) groups excluding carboxylic acids is 2. The van der Waals surface area contributed by atoms with E-state index in [2.05, 4.69) is 13.2 Å². The fourth-order valence-corrected chi connectivity index (χ4v) is 2.70. The minimum atomic E-state index is 0.0192. The van der Waals surface area contributed by atoms with E-state index in [4.69, 9.17) is 0 Å². The van der Waals surface area contributed by atoms with E-state index in [9.17, 15) is 9.59 Å². The zero-order valence-electron chi connectivity index (χ0n) is 13.8. The van der Waals surface area contributed by atoms with Crippen LogP contribution >= 0.6 is 11.8 Å². The van der Waals surface area contributed by atoms with E-state index in [0.29, 0.717) is 37.3 Å². The number of nitrogens with zero attached hydrogens (tertiary/aromatic N) is 2. The third-order valence-corrected chi connectivity index (χ3v) is 4.02. The zero-order valence-corrected chi connectivity index (χ0v) is 14.6. The molecule has 21 heavy (non-hydrogen) atoms. The van der Waals surface area contributed by atoms with Gasteiger partial charge in [-0.2, -0.15) is 11.8 Å². The molecule has 4 nitrogen and oxygen atoms in total. The average molecular weight is 312 g/mol. The fourth-order valence-electron chi connectivity index (χ4n) is 1.80. The lowest BCUT2D eigenvalue weighted by molar-refractivity contribution is -0.127. The number of likely N-dealkylation sites (N-methyl/N-ethyl adjacent to an activating group) is 2. The molecule has 0 unspecified atom stereocenters. The standard InChI is InChI=1S/C16H28N2O2S/c1-7-17(15(19)13(3)4)9-11-21-12-10-18(8-2)16(20)14(5)6/h3,5,7-12H2,1-2,4,6H3. The Morgan fingerprint density at radius 1 is 0.857 bits per heavy atom. The molecule has 0 fully saturated rings. The van der Waals surface area contributed by atoms with Crippen LogP contribution in [-0.2, 0) is 9.59 Å². The molecule has 5 heteroatoms. The summed E-state index contributed by atoms with van der Waals surface area (Å²) in [4.78, 5) is 27.2. The summed E-state index contributed by atoms with van der Waals surface area (Å²) in [6, 6.07) is 0. The molecule has 0 N–H and O–H groups in total. The summed E-state index contributed by atoms with van der Waals surface area (Å²) in [5.74, 6) is 1.77. The number of hydrogen-bond acceptors (Lipinski definition) is 3. The zero-order chi connectivity index (χ0) is 16.4. The summed E-state index contributed by atoms with van der Waals surface area (Å²) in [7, 11) is 0.